The zero-order valence-electron chi connectivity index (χ0n) is 9.59. The van der Waals surface area contributed by atoms with Crippen LogP contribution in [0.25, 0.3) is 0 Å². The first-order valence-corrected chi connectivity index (χ1v) is 6.56. The molecule has 0 unspecified atom stereocenters. The quantitative estimate of drug-likeness (QED) is 0.852. The Balaban J connectivity index is 1.98. The molecule has 0 saturated heterocycles. The van der Waals surface area contributed by atoms with E-state index in [0.29, 0.717) is 10.6 Å². The number of nitrogens with one attached hydrogen (secondary N) is 1. The number of hydrogen-bond acceptors (Lipinski definition) is 5. The molecule has 0 saturated carbocycles. The Morgan fingerprint density at radius 2 is 2.28 bits per heavy atom. The van der Waals surface area contributed by atoms with Crippen LogP contribution in [0.5, 0.6) is 0 Å². The Hall–Kier alpha value is -2.01. The fraction of sp³-hybridized carbons (Fsp3) is 0.154. The summed E-state index contributed by atoms with van der Waals surface area (Å²) in [4.78, 5) is 21.5. The third-order valence-corrected chi connectivity index (χ3v) is 3.61. The van der Waals surface area contributed by atoms with Gasteiger partial charge in [-0.1, -0.05) is 6.07 Å². The molecule has 0 fully saturated rings. The molecule has 0 aliphatic carbocycles. The van der Waals surface area contributed by atoms with E-state index in [9.17, 15) is 4.79 Å². The summed E-state index contributed by atoms with van der Waals surface area (Å²) in [6, 6.07) is 7.28. The summed E-state index contributed by atoms with van der Waals surface area (Å²) in [7, 11) is 0. The SMILES string of the molecule is O=C(c1ccccn1)c1sccc1C1=NCCN1. The van der Waals surface area contributed by atoms with Crippen molar-refractivity contribution in [3.63, 3.8) is 0 Å². The average molecular weight is 257 g/mol. The van der Waals surface area contributed by atoms with E-state index < -0.39 is 0 Å². The molecular formula is C13H11N3OS. The van der Waals surface area contributed by atoms with E-state index in [2.05, 4.69) is 15.3 Å². The molecule has 4 nitrogen and oxygen atoms in total. The lowest BCUT2D eigenvalue weighted by Crippen LogP contribution is -2.21. The average Bonchev–Trinajstić information content (AvgIpc) is 3.09. The van der Waals surface area contributed by atoms with E-state index >= 15 is 0 Å². The predicted molar refractivity (Wildman–Crippen MR) is 71.4 cm³/mol. The summed E-state index contributed by atoms with van der Waals surface area (Å²) in [5.74, 6) is 0.771. The Bertz CT molecular complexity index is 604. The summed E-state index contributed by atoms with van der Waals surface area (Å²) in [6.07, 6.45) is 1.63. The van der Waals surface area contributed by atoms with Crippen LogP contribution < -0.4 is 5.32 Å². The number of nitrogens with zero attached hydrogens (tertiary/aromatic N) is 2. The van der Waals surface area contributed by atoms with E-state index in [4.69, 9.17) is 0 Å². The van der Waals surface area contributed by atoms with Crippen molar-refractivity contribution in [3.8, 4) is 0 Å². The van der Waals surface area contributed by atoms with Gasteiger partial charge in [-0.3, -0.25) is 14.8 Å². The minimum absolute atomic E-state index is 0.0444. The van der Waals surface area contributed by atoms with Crippen LogP contribution in [-0.4, -0.2) is 29.7 Å². The summed E-state index contributed by atoms with van der Waals surface area (Å²) in [6.45, 7) is 1.60. The summed E-state index contributed by atoms with van der Waals surface area (Å²) in [5, 5.41) is 5.10. The first kappa shape index (κ1) is 11.1. The predicted octanol–water partition coefficient (Wildman–Crippen LogP) is 1.72. The van der Waals surface area contributed by atoms with Gasteiger partial charge >= 0.3 is 0 Å². The Labute approximate surface area is 108 Å². The van der Waals surface area contributed by atoms with Crippen LogP contribution in [0.2, 0.25) is 0 Å². The number of aromatic nitrogens is 1. The molecule has 2 aromatic rings. The minimum Gasteiger partial charge on any atom is -0.368 e. The largest absolute Gasteiger partial charge is 0.368 e. The molecule has 1 N–H and O–H groups in total. The van der Waals surface area contributed by atoms with Crippen LogP contribution in [0, 0.1) is 0 Å². The van der Waals surface area contributed by atoms with Gasteiger partial charge in [0.25, 0.3) is 0 Å². The molecular weight excluding hydrogens is 246 g/mol. The van der Waals surface area contributed by atoms with Gasteiger partial charge in [-0.05, 0) is 23.6 Å². The van der Waals surface area contributed by atoms with Crippen molar-refractivity contribution in [2.75, 3.05) is 13.1 Å². The highest BCUT2D eigenvalue weighted by atomic mass is 32.1. The van der Waals surface area contributed by atoms with Crippen LogP contribution in [0.3, 0.4) is 0 Å². The number of carbonyl (C=O) groups excluding carboxylic acids is 1. The van der Waals surface area contributed by atoms with Crippen molar-refractivity contribution in [2.24, 2.45) is 4.99 Å². The molecule has 0 bridgehead atoms. The highest BCUT2D eigenvalue weighted by molar-refractivity contribution is 7.12. The van der Waals surface area contributed by atoms with Crippen LogP contribution >= 0.6 is 11.3 Å². The number of amidine groups is 1. The Morgan fingerprint density at radius 1 is 1.33 bits per heavy atom. The van der Waals surface area contributed by atoms with E-state index in [1.807, 2.05) is 17.5 Å². The topological polar surface area (TPSA) is 54.4 Å². The normalized spacial score (nSPS) is 14.1. The molecule has 0 atom stereocenters. The van der Waals surface area contributed by atoms with Crippen LogP contribution in [-0.2, 0) is 0 Å². The molecule has 2 aromatic heterocycles. The number of hydrogen-bond donors (Lipinski definition) is 1. The van der Waals surface area contributed by atoms with E-state index in [-0.39, 0.29) is 5.78 Å². The number of carbonyl (C=O) groups is 1. The zero-order valence-corrected chi connectivity index (χ0v) is 10.4. The lowest BCUT2D eigenvalue weighted by Gasteiger charge is -2.03. The van der Waals surface area contributed by atoms with Gasteiger partial charge in [-0.25, -0.2) is 0 Å². The molecule has 3 rings (SSSR count). The molecule has 1 aliphatic rings. The molecule has 0 spiro atoms. The number of thiophene rings is 1. The van der Waals surface area contributed by atoms with Gasteiger partial charge in [0.05, 0.1) is 11.4 Å². The first-order chi connectivity index (χ1) is 8.86. The van der Waals surface area contributed by atoms with Crippen molar-refractivity contribution in [1.82, 2.24) is 10.3 Å². The highest BCUT2D eigenvalue weighted by Crippen LogP contribution is 2.21. The second-order valence-corrected chi connectivity index (χ2v) is 4.78. The Morgan fingerprint density at radius 3 is 3.00 bits per heavy atom. The van der Waals surface area contributed by atoms with Crippen molar-refractivity contribution < 1.29 is 4.79 Å². The van der Waals surface area contributed by atoms with Gasteiger partial charge in [0.2, 0.25) is 5.78 Å². The third kappa shape index (κ3) is 1.93. The smallest absolute Gasteiger partial charge is 0.221 e. The maximum atomic E-state index is 12.4. The molecule has 90 valence electrons. The van der Waals surface area contributed by atoms with E-state index in [1.165, 1.54) is 11.3 Å². The van der Waals surface area contributed by atoms with Crippen LogP contribution in [0.1, 0.15) is 20.9 Å². The van der Waals surface area contributed by atoms with Gasteiger partial charge in [-0.2, -0.15) is 0 Å². The molecule has 5 heteroatoms. The van der Waals surface area contributed by atoms with Gasteiger partial charge < -0.3 is 5.32 Å². The molecule has 0 radical (unpaired) electrons. The van der Waals surface area contributed by atoms with Gasteiger partial charge in [-0.15, -0.1) is 11.3 Å². The van der Waals surface area contributed by atoms with Crippen molar-refractivity contribution >= 4 is 23.0 Å². The molecule has 18 heavy (non-hydrogen) atoms. The lowest BCUT2D eigenvalue weighted by molar-refractivity contribution is 0.103. The summed E-state index contributed by atoms with van der Waals surface area (Å²) < 4.78 is 0. The summed E-state index contributed by atoms with van der Waals surface area (Å²) >= 11 is 1.43. The summed E-state index contributed by atoms with van der Waals surface area (Å²) in [5.41, 5.74) is 1.35. The van der Waals surface area contributed by atoms with Gasteiger partial charge in [0, 0.05) is 18.3 Å². The number of rotatable bonds is 3. The van der Waals surface area contributed by atoms with E-state index in [1.54, 1.807) is 18.3 Å². The van der Waals surface area contributed by atoms with E-state index in [0.717, 1.165) is 24.5 Å². The molecule has 3 heterocycles. The fourth-order valence-corrected chi connectivity index (χ4v) is 2.71. The molecule has 0 amide bonds. The van der Waals surface area contributed by atoms with Crippen molar-refractivity contribution in [1.29, 1.82) is 0 Å². The number of aliphatic imine (C=N–C) groups is 1. The second-order valence-electron chi connectivity index (χ2n) is 3.86. The number of pyridine rings is 1. The van der Waals surface area contributed by atoms with Gasteiger partial charge in [0.15, 0.2) is 0 Å². The van der Waals surface area contributed by atoms with Crippen LogP contribution in [0.15, 0.2) is 40.8 Å². The first-order valence-electron chi connectivity index (χ1n) is 5.68. The van der Waals surface area contributed by atoms with Crippen LogP contribution in [0.4, 0.5) is 0 Å². The third-order valence-electron chi connectivity index (χ3n) is 2.70. The molecule has 1 aliphatic heterocycles. The van der Waals surface area contributed by atoms with Crippen molar-refractivity contribution in [3.05, 3.63) is 52.0 Å². The lowest BCUT2D eigenvalue weighted by atomic mass is 10.1. The fourth-order valence-electron chi connectivity index (χ4n) is 1.86. The standard InChI is InChI=1S/C13H11N3OS/c17-11(10-3-1-2-5-14-10)12-9(4-8-18-12)13-15-6-7-16-13/h1-5,8H,6-7H2,(H,15,16). The Kier molecular flexibility index (Phi) is 2.90. The zero-order chi connectivity index (χ0) is 12.4. The second kappa shape index (κ2) is 4.70. The maximum absolute atomic E-state index is 12.4. The van der Waals surface area contributed by atoms with Gasteiger partial charge in [0.1, 0.15) is 11.5 Å². The van der Waals surface area contributed by atoms with Crippen molar-refractivity contribution in [2.45, 2.75) is 0 Å². The highest BCUT2D eigenvalue weighted by Gasteiger charge is 2.20. The maximum Gasteiger partial charge on any atom is 0.221 e. The minimum atomic E-state index is -0.0444. The molecule has 0 aromatic carbocycles. The monoisotopic (exact) mass is 257 g/mol. The number of ketones is 1.